The molecule has 0 amide bonds. The van der Waals surface area contributed by atoms with Gasteiger partial charge in [0.25, 0.3) is 0 Å². The average molecular weight is 315 g/mol. The van der Waals surface area contributed by atoms with Crippen LogP contribution in [0.3, 0.4) is 0 Å². The number of halogens is 1. The van der Waals surface area contributed by atoms with Gasteiger partial charge in [-0.3, -0.25) is 0 Å². The summed E-state index contributed by atoms with van der Waals surface area (Å²) in [7, 11) is -4.21. The van der Waals surface area contributed by atoms with Crippen molar-refractivity contribution in [3.63, 3.8) is 0 Å². The number of hydrogen-bond donors (Lipinski definition) is 1. The summed E-state index contributed by atoms with van der Waals surface area (Å²) in [6.07, 6.45) is 3.39. The molecule has 1 fully saturated rings. The Hall–Kier alpha value is -1.47. The maximum Gasteiger partial charge on any atom is 0.338 e. The summed E-state index contributed by atoms with van der Waals surface area (Å²) < 4.78 is 41.2. The molecule has 0 saturated heterocycles. The van der Waals surface area contributed by atoms with Crippen LogP contribution in [0.2, 0.25) is 0 Å². The molecule has 0 heterocycles. The number of rotatable bonds is 3. The Labute approximate surface area is 123 Å². The summed E-state index contributed by atoms with van der Waals surface area (Å²) in [4.78, 5) is 11.3. The van der Waals surface area contributed by atoms with Gasteiger partial charge in [0.2, 0.25) is 10.0 Å². The summed E-state index contributed by atoms with van der Waals surface area (Å²) in [5.41, 5.74) is -0.0148. The van der Waals surface area contributed by atoms with Crippen molar-refractivity contribution in [2.24, 2.45) is 11.1 Å². The first-order valence-electron chi connectivity index (χ1n) is 6.80. The van der Waals surface area contributed by atoms with Crippen LogP contribution >= 0.6 is 0 Å². The Kier molecular flexibility index (Phi) is 4.63. The summed E-state index contributed by atoms with van der Waals surface area (Å²) in [5.74, 6) is -1.01. The van der Waals surface area contributed by atoms with Gasteiger partial charge < -0.3 is 4.74 Å². The van der Waals surface area contributed by atoms with Crippen LogP contribution in [0.1, 0.15) is 43.0 Å². The third-order valence-corrected chi connectivity index (χ3v) is 4.64. The maximum absolute atomic E-state index is 13.4. The van der Waals surface area contributed by atoms with E-state index in [0.717, 1.165) is 37.8 Å². The molecule has 1 aromatic carbocycles. The largest absolute Gasteiger partial charge is 0.459 e. The zero-order valence-corrected chi connectivity index (χ0v) is 12.5. The fourth-order valence-electron chi connectivity index (χ4n) is 2.42. The Morgan fingerprint density at radius 1 is 1.29 bits per heavy atom. The lowest BCUT2D eigenvalue weighted by Crippen LogP contribution is -2.24. The average Bonchev–Trinajstić information content (AvgIpc) is 2.40. The molecular weight excluding hydrogens is 297 g/mol. The van der Waals surface area contributed by atoms with E-state index in [4.69, 9.17) is 9.88 Å². The van der Waals surface area contributed by atoms with E-state index in [1.165, 1.54) is 6.07 Å². The van der Waals surface area contributed by atoms with Crippen LogP contribution in [0, 0.1) is 11.7 Å². The minimum atomic E-state index is -4.21. The highest BCUT2D eigenvalue weighted by molar-refractivity contribution is 7.89. The topological polar surface area (TPSA) is 86.5 Å². The zero-order chi connectivity index (χ0) is 15.6. The van der Waals surface area contributed by atoms with Gasteiger partial charge in [-0.2, -0.15) is 0 Å². The van der Waals surface area contributed by atoms with Gasteiger partial charge in [-0.1, -0.05) is 6.92 Å². The van der Waals surface area contributed by atoms with Crippen LogP contribution in [0.5, 0.6) is 0 Å². The lowest BCUT2D eigenvalue weighted by atomic mass is 9.89. The third kappa shape index (κ3) is 4.01. The molecule has 1 aromatic rings. The van der Waals surface area contributed by atoms with Crippen LogP contribution in [0.15, 0.2) is 23.1 Å². The van der Waals surface area contributed by atoms with Gasteiger partial charge in [-0.25, -0.2) is 22.7 Å². The summed E-state index contributed by atoms with van der Waals surface area (Å²) >= 11 is 0. The second-order valence-electron chi connectivity index (χ2n) is 5.48. The Bertz CT molecular complexity index is 636. The van der Waals surface area contributed by atoms with Gasteiger partial charge in [0.15, 0.2) is 0 Å². The lowest BCUT2D eigenvalue weighted by molar-refractivity contribution is 0.0173. The first-order chi connectivity index (χ1) is 9.77. The van der Waals surface area contributed by atoms with Crippen molar-refractivity contribution < 1.29 is 22.3 Å². The van der Waals surface area contributed by atoms with E-state index < -0.39 is 26.7 Å². The van der Waals surface area contributed by atoms with Crippen molar-refractivity contribution in [3.8, 4) is 0 Å². The van der Waals surface area contributed by atoms with E-state index in [9.17, 15) is 17.6 Å². The molecule has 0 aromatic heterocycles. The number of ether oxygens (including phenoxy) is 1. The van der Waals surface area contributed by atoms with Gasteiger partial charge in [0.05, 0.1) is 5.56 Å². The maximum atomic E-state index is 13.4. The quantitative estimate of drug-likeness (QED) is 0.866. The predicted octanol–water partition coefficient (Wildman–Crippen LogP) is 2.21. The van der Waals surface area contributed by atoms with Gasteiger partial charge in [-0.15, -0.1) is 0 Å². The van der Waals surface area contributed by atoms with Crippen LogP contribution in [0.25, 0.3) is 0 Å². The molecule has 1 aliphatic rings. The molecular formula is C14H18FNO4S. The molecule has 0 spiro atoms. The molecule has 7 heteroatoms. The van der Waals surface area contributed by atoms with Crippen molar-refractivity contribution in [2.75, 3.05) is 0 Å². The number of carbonyl (C=O) groups is 1. The van der Waals surface area contributed by atoms with Crippen LogP contribution in [0.4, 0.5) is 4.39 Å². The standard InChI is InChI=1S/C14H18FNO4S/c1-9-2-5-11(6-3-9)20-14(17)10-4-7-12(15)13(8-10)21(16,18)19/h4,7-9,11H,2-3,5-6H2,1H3,(H2,16,18,19). The van der Waals surface area contributed by atoms with Crippen LogP contribution < -0.4 is 5.14 Å². The Balaban J connectivity index is 2.13. The van der Waals surface area contributed by atoms with E-state index in [1.54, 1.807) is 0 Å². The Morgan fingerprint density at radius 3 is 2.48 bits per heavy atom. The fourth-order valence-corrected chi connectivity index (χ4v) is 3.05. The number of carbonyl (C=O) groups excluding carboxylic acids is 1. The smallest absolute Gasteiger partial charge is 0.338 e. The van der Waals surface area contributed by atoms with E-state index in [1.807, 2.05) is 0 Å². The van der Waals surface area contributed by atoms with Gasteiger partial charge >= 0.3 is 5.97 Å². The molecule has 0 aliphatic heterocycles. The number of hydrogen-bond acceptors (Lipinski definition) is 4. The first kappa shape index (κ1) is 15.9. The highest BCUT2D eigenvalue weighted by Gasteiger charge is 2.23. The molecule has 0 atom stereocenters. The van der Waals surface area contributed by atoms with Crippen molar-refractivity contribution >= 4 is 16.0 Å². The molecule has 116 valence electrons. The molecule has 0 radical (unpaired) electrons. The van der Waals surface area contributed by atoms with E-state index in [0.29, 0.717) is 5.92 Å². The SMILES string of the molecule is CC1CCC(OC(=O)c2ccc(F)c(S(N)(=O)=O)c2)CC1. The lowest BCUT2D eigenvalue weighted by Gasteiger charge is -2.26. The van der Waals surface area contributed by atoms with Crippen LogP contribution in [-0.4, -0.2) is 20.5 Å². The van der Waals surface area contributed by atoms with E-state index in [2.05, 4.69) is 6.92 Å². The molecule has 5 nitrogen and oxygen atoms in total. The third-order valence-electron chi connectivity index (χ3n) is 3.71. The molecule has 1 saturated carbocycles. The minimum Gasteiger partial charge on any atom is -0.459 e. The van der Waals surface area contributed by atoms with Gasteiger partial charge in [-0.05, 0) is 49.8 Å². The molecule has 1 aliphatic carbocycles. The fraction of sp³-hybridized carbons (Fsp3) is 0.500. The first-order valence-corrected chi connectivity index (χ1v) is 8.35. The summed E-state index contributed by atoms with van der Waals surface area (Å²) in [6.45, 7) is 2.15. The highest BCUT2D eigenvalue weighted by Crippen LogP contribution is 2.26. The second-order valence-corrected chi connectivity index (χ2v) is 7.01. The minimum absolute atomic E-state index is 0.0148. The number of esters is 1. The van der Waals surface area contributed by atoms with Crippen molar-refractivity contribution in [1.29, 1.82) is 0 Å². The van der Waals surface area contributed by atoms with Gasteiger partial charge in [0.1, 0.15) is 16.8 Å². The van der Waals surface area contributed by atoms with Crippen molar-refractivity contribution in [3.05, 3.63) is 29.6 Å². The summed E-state index contributed by atoms with van der Waals surface area (Å²) in [5, 5.41) is 4.91. The molecule has 0 unspecified atom stereocenters. The van der Waals surface area contributed by atoms with Crippen molar-refractivity contribution in [1.82, 2.24) is 0 Å². The summed E-state index contributed by atoms with van der Waals surface area (Å²) in [6, 6.07) is 3.01. The van der Waals surface area contributed by atoms with Crippen molar-refractivity contribution in [2.45, 2.75) is 43.6 Å². The molecule has 21 heavy (non-hydrogen) atoms. The zero-order valence-electron chi connectivity index (χ0n) is 11.7. The molecule has 0 bridgehead atoms. The number of sulfonamides is 1. The Morgan fingerprint density at radius 2 is 1.90 bits per heavy atom. The molecule has 2 rings (SSSR count). The van der Waals surface area contributed by atoms with Crippen LogP contribution in [-0.2, 0) is 14.8 Å². The van der Waals surface area contributed by atoms with E-state index in [-0.39, 0.29) is 11.7 Å². The number of primary sulfonamides is 1. The normalized spacial score (nSPS) is 22.8. The monoisotopic (exact) mass is 315 g/mol. The highest BCUT2D eigenvalue weighted by atomic mass is 32.2. The number of nitrogens with two attached hydrogens (primary N) is 1. The van der Waals surface area contributed by atoms with Gasteiger partial charge in [0, 0.05) is 0 Å². The molecule has 2 N–H and O–H groups in total. The predicted molar refractivity (Wildman–Crippen MR) is 74.6 cm³/mol. The van der Waals surface area contributed by atoms with E-state index >= 15 is 0 Å². The second kappa shape index (κ2) is 6.11. The number of benzene rings is 1.